The van der Waals surface area contributed by atoms with E-state index in [1.165, 1.54) is 55.3 Å². The molecule has 34 heavy (non-hydrogen) atoms. The largest absolute Gasteiger partial charge is 0.454 e. The number of aromatic nitrogens is 2. The van der Waals surface area contributed by atoms with Gasteiger partial charge in [0.1, 0.15) is 5.82 Å². The SMILES string of the molecule is CCCCn1c(CN(CCC2CCCC2)Cc2ccc3c(c2)OCO3)cnc1-c1ccccc1. The van der Waals surface area contributed by atoms with Crippen LogP contribution in [0.1, 0.15) is 63.1 Å². The van der Waals surface area contributed by atoms with E-state index in [9.17, 15) is 0 Å². The highest BCUT2D eigenvalue weighted by molar-refractivity contribution is 5.55. The number of rotatable bonds is 11. The van der Waals surface area contributed by atoms with Crippen LogP contribution < -0.4 is 9.47 Å². The van der Waals surface area contributed by atoms with E-state index in [0.29, 0.717) is 6.79 Å². The Labute approximate surface area is 203 Å². The second-order valence-corrected chi connectivity index (χ2v) is 9.78. The molecule has 0 atom stereocenters. The standard InChI is InChI=1S/C29H37N3O2/c1-2-3-16-32-26(19-30-29(32)25-11-5-4-6-12-25)21-31(17-15-23-9-7-8-10-23)20-24-13-14-27-28(18-24)34-22-33-27/h4-6,11-14,18-19,23H,2-3,7-10,15-17,20-22H2,1H3. The van der Waals surface area contributed by atoms with Crippen LogP contribution in [0, 0.1) is 5.92 Å². The fourth-order valence-corrected chi connectivity index (χ4v) is 5.33. The van der Waals surface area contributed by atoms with Crippen LogP contribution in [-0.2, 0) is 19.6 Å². The van der Waals surface area contributed by atoms with Gasteiger partial charge in [0.2, 0.25) is 6.79 Å². The Kier molecular flexibility index (Phi) is 7.49. The molecular formula is C29H37N3O2. The molecule has 0 unspecified atom stereocenters. The summed E-state index contributed by atoms with van der Waals surface area (Å²) in [6, 6.07) is 17.0. The van der Waals surface area contributed by atoms with E-state index in [2.05, 4.69) is 65.1 Å². The Morgan fingerprint density at radius 2 is 1.82 bits per heavy atom. The summed E-state index contributed by atoms with van der Waals surface area (Å²) in [4.78, 5) is 7.49. The molecule has 0 N–H and O–H groups in total. The molecule has 1 fully saturated rings. The van der Waals surface area contributed by atoms with Crippen LogP contribution in [0.3, 0.4) is 0 Å². The molecule has 2 aliphatic rings. The van der Waals surface area contributed by atoms with Crippen molar-refractivity contribution in [2.24, 2.45) is 5.92 Å². The first-order valence-electron chi connectivity index (χ1n) is 13.0. The lowest BCUT2D eigenvalue weighted by molar-refractivity contribution is 0.174. The molecule has 5 rings (SSSR count). The van der Waals surface area contributed by atoms with E-state index in [4.69, 9.17) is 14.5 Å². The van der Waals surface area contributed by atoms with Gasteiger partial charge in [0.05, 0.1) is 11.9 Å². The Morgan fingerprint density at radius 3 is 2.65 bits per heavy atom. The average molecular weight is 460 g/mol. The van der Waals surface area contributed by atoms with Gasteiger partial charge in [-0.25, -0.2) is 4.98 Å². The molecule has 1 aliphatic heterocycles. The first kappa shape index (κ1) is 23.0. The van der Waals surface area contributed by atoms with Gasteiger partial charge in [-0.3, -0.25) is 4.90 Å². The molecule has 3 aromatic rings. The maximum absolute atomic E-state index is 5.64. The first-order valence-corrected chi connectivity index (χ1v) is 13.0. The molecule has 5 nitrogen and oxygen atoms in total. The number of hydrogen-bond acceptors (Lipinski definition) is 4. The Balaban J connectivity index is 1.37. The highest BCUT2D eigenvalue weighted by atomic mass is 16.7. The van der Waals surface area contributed by atoms with Gasteiger partial charge in [0, 0.05) is 25.2 Å². The molecule has 0 saturated heterocycles. The predicted molar refractivity (Wildman–Crippen MR) is 136 cm³/mol. The van der Waals surface area contributed by atoms with E-state index in [1.807, 2.05) is 6.07 Å². The first-order chi connectivity index (χ1) is 16.8. The van der Waals surface area contributed by atoms with Gasteiger partial charge >= 0.3 is 0 Å². The minimum absolute atomic E-state index is 0.322. The average Bonchev–Trinajstić information content (AvgIpc) is 3.63. The topological polar surface area (TPSA) is 39.5 Å². The molecule has 2 heterocycles. The molecule has 1 aliphatic carbocycles. The van der Waals surface area contributed by atoms with Crippen molar-refractivity contribution in [3.63, 3.8) is 0 Å². The van der Waals surface area contributed by atoms with Gasteiger partial charge in [-0.15, -0.1) is 0 Å². The minimum atomic E-state index is 0.322. The van der Waals surface area contributed by atoms with Crippen LogP contribution in [0.15, 0.2) is 54.7 Å². The van der Waals surface area contributed by atoms with Crippen molar-refractivity contribution < 1.29 is 9.47 Å². The van der Waals surface area contributed by atoms with Crippen molar-refractivity contribution in [2.75, 3.05) is 13.3 Å². The van der Waals surface area contributed by atoms with E-state index >= 15 is 0 Å². The maximum atomic E-state index is 5.64. The van der Waals surface area contributed by atoms with Crippen molar-refractivity contribution >= 4 is 0 Å². The van der Waals surface area contributed by atoms with Crippen molar-refractivity contribution in [3.8, 4) is 22.9 Å². The summed E-state index contributed by atoms with van der Waals surface area (Å²) in [6.07, 6.45) is 11.3. The molecule has 0 radical (unpaired) electrons. The van der Waals surface area contributed by atoms with Gasteiger partial charge in [-0.05, 0) is 43.0 Å². The molecule has 1 aromatic heterocycles. The van der Waals surface area contributed by atoms with E-state index in [0.717, 1.165) is 55.8 Å². The van der Waals surface area contributed by atoms with Crippen molar-refractivity contribution in [1.82, 2.24) is 14.5 Å². The quantitative estimate of drug-likeness (QED) is 0.321. The van der Waals surface area contributed by atoms with Crippen molar-refractivity contribution in [2.45, 2.75) is 71.5 Å². The van der Waals surface area contributed by atoms with Gasteiger partial charge in [-0.2, -0.15) is 0 Å². The number of fused-ring (bicyclic) bond motifs is 1. The maximum Gasteiger partial charge on any atom is 0.231 e. The van der Waals surface area contributed by atoms with Gasteiger partial charge in [0.15, 0.2) is 11.5 Å². The summed E-state index contributed by atoms with van der Waals surface area (Å²) in [6.45, 7) is 6.51. The number of ether oxygens (including phenoxy) is 2. The summed E-state index contributed by atoms with van der Waals surface area (Å²) < 4.78 is 13.6. The van der Waals surface area contributed by atoms with Gasteiger partial charge in [0.25, 0.3) is 0 Å². The Hall–Kier alpha value is -2.79. The predicted octanol–water partition coefficient (Wildman–Crippen LogP) is 6.66. The summed E-state index contributed by atoms with van der Waals surface area (Å²) in [5.41, 5.74) is 3.77. The van der Waals surface area contributed by atoms with E-state index in [-0.39, 0.29) is 0 Å². The van der Waals surface area contributed by atoms with Gasteiger partial charge < -0.3 is 14.0 Å². The summed E-state index contributed by atoms with van der Waals surface area (Å²) in [5.74, 6) is 3.69. The molecule has 0 amide bonds. The highest BCUT2D eigenvalue weighted by Crippen LogP contribution is 2.33. The molecule has 5 heteroatoms. The molecule has 2 aromatic carbocycles. The number of benzene rings is 2. The summed E-state index contributed by atoms with van der Waals surface area (Å²) in [7, 11) is 0. The van der Waals surface area contributed by atoms with Crippen LogP contribution in [0.2, 0.25) is 0 Å². The Morgan fingerprint density at radius 1 is 1.00 bits per heavy atom. The molecule has 0 bridgehead atoms. The van der Waals surface area contributed by atoms with Crippen LogP contribution in [0.25, 0.3) is 11.4 Å². The number of nitrogens with zero attached hydrogens (tertiary/aromatic N) is 3. The van der Waals surface area contributed by atoms with Crippen molar-refractivity contribution in [1.29, 1.82) is 0 Å². The lowest BCUT2D eigenvalue weighted by Gasteiger charge is -2.25. The number of unbranched alkanes of at least 4 members (excludes halogenated alkanes) is 1. The van der Waals surface area contributed by atoms with E-state index in [1.54, 1.807) is 0 Å². The molecular weight excluding hydrogens is 422 g/mol. The third-order valence-corrected chi connectivity index (χ3v) is 7.26. The third-order valence-electron chi connectivity index (χ3n) is 7.26. The van der Waals surface area contributed by atoms with Crippen LogP contribution >= 0.6 is 0 Å². The van der Waals surface area contributed by atoms with Crippen LogP contribution in [0.4, 0.5) is 0 Å². The molecule has 0 spiro atoms. The Bertz CT molecular complexity index is 1060. The monoisotopic (exact) mass is 459 g/mol. The second kappa shape index (κ2) is 11.1. The van der Waals surface area contributed by atoms with Crippen molar-refractivity contribution in [3.05, 3.63) is 66.0 Å². The number of imidazole rings is 1. The smallest absolute Gasteiger partial charge is 0.231 e. The normalized spacial score (nSPS) is 15.5. The zero-order valence-electron chi connectivity index (χ0n) is 20.4. The lowest BCUT2D eigenvalue weighted by atomic mass is 10.0. The zero-order chi connectivity index (χ0) is 23.2. The highest BCUT2D eigenvalue weighted by Gasteiger charge is 2.20. The molecule has 1 saturated carbocycles. The summed E-state index contributed by atoms with van der Waals surface area (Å²) in [5, 5.41) is 0. The minimum Gasteiger partial charge on any atom is -0.454 e. The molecule has 180 valence electrons. The van der Waals surface area contributed by atoms with E-state index < -0.39 is 0 Å². The van der Waals surface area contributed by atoms with Gasteiger partial charge in [-0.1, -0.05) is 75.4 Å². The van der Waals surface area contributed by atoms with Crippen LogP contribution in [0.5, 0.6) is 11.5 Å². The second-order valence-electron chi connectivity index (χ2n) is 9.78. The number of hydrogen-bond donors (Lipinski definition) is 0. The zero-order valence-corrected chi connectivity index (χ0v) is 20.4. The lowest BCUT2D eigenvalue weighted by Crippen LogP contribution is -2.26. The summed E-state index contributed by atoms with van der Waals surface area (Å²) >= 11 is 0. The van der Waals surface area contributed by atoms with Crippen LogP contribution in [-0.4, -0.2) is 27.8 Å². The third kappa shape index (κ3) is 5.47. The fraction of sp³-hybridized carbons (Fsp3) is 0.483. The fourth-order valence-electron chi connectivity index (χ4n) is 5.33.